The Labute approximate surface area is 223 Å². The molecule has 5 rings (SSSR count). The minimum absolute atomic E-state index is 0.488. The van der Waals surface area contributed by atoms with Crippen molar-refractivity contribution in [3.05, 3.63) is 61.4 Å². The second kappa shape index (κ2) is 13.0. The number of rotatable bonds is 7. The summed E-state index contributed by atoms with van der Waals surface area (Å²) in [5.74, 6) is 0.721. The predicted octanol–water partition coefficient (Wildman–Crippen LogP) is 4.73. The lowest BCUT2D eigenvalue weighted by molar-refractivity contribution is 0.193. The number of carboxylic acid groups (broad SMARTS) is 1. The average molecular weight is 517 g/mol. The van der Waals surface area contributed by atoms with Gasteiger partial charge >= 0.3 is 6.09 Å². The average Bonchev–Trinajstić information content (AvgIpc) is 3.59. The van der Waals surface area contributed by atoms with Crippen LogP contribution in [0.25, 0.3) is 33.6 Å². The molecule has 3 aromatic heterocycles. The number of aromatic nitrogens is 6. The Balaban J connectivity index is 0.000000323. The van der Waals surface area contributed by atoms with Crippen molar-refractivity contribution in [1.29, 1.82) is 0 Å². The molecule has 1 fully saturated rings. The molecule has 1 saturated carbocycles. The fourth-order valence-corrected chi connectivity index (χ4v) is 4.45. The van der Waals surface area contributed by atoms with Gasteiger partial charge in [0.05, 0.1) is 18.4 Å². The second-order valence-corrected chi connectivity index (χ2v) is 9.81. The number of hydrogen-bond acceptors (Lipinski definition) is 6. The summed E-state index contributed by atoms with van der Waals surface area (Å²) >= 11 is 0. The lowest BCUT2D eigenvalue weighted by Gasteiger charge is -2.21. The zero-order valence-corrected chi connectivity index (χ0v) is 22.3. The molecular weight excluding hydrogens is 480 g/mol. The third-order valence-electron chi connectivity index (χ3n) is 6.53. The van der Waals surface area contributed by atoms with Gasteiger partial charge in [0.2, 0.25) is 0 Å². The predicted molar refractivity (Wildman–Crippen MR) is 148 cm³/mol. The lowest BCUT2D eigenvalue weighted by Crippen LogP contribution is -2.29. The SMILES string of the molecule is CN(C)CCNC(=O)O.Cn1cc(-c2cccc(-c3ncc(-c4cnn(C5CCCCC5)c4)cn3)c2)cn1. The number of hydrogen-bond donors (Lipinski definition) is 2. The van der Waals surface area contributed by atoms with Gasteiger partial charge in [0.1, 0.15) is 0 Å². The molecule has 0 atom stereocenters. The van der Waals surface area contributed by atoms with Crippen LogP contribution in [0.5, 0.6) is 0 Å². The van der Waals surface area contributed by atoms with Crippen LogP contribution >= 0.6 is 0 Å². The van der Waals surface area contributed by atoms with Gasteiger partial charge in [-0.25, -0.2) is 14.8 Å². The Kier molecular flexibility index (Phi) is 9.21. The van der Waals surface area contributed by atoms with Gasteiger partial charge in [0.25, 0.3) is 0 Å². The zero-order chi connectivity index (χ0) is 26.9. The maximum absolute atomic E-state index is 9.85. The highest BCUT2D eigenvalue weighted by Gasteiger charge is 2.16. The fourth-order valence-electron chi connectivity index (χ4n) is 4.45. The van der Waals surface area contributed by atoms with Gasteiger partial charge in [-0.05, 0) is 38.6 Å². The molecule has 0 bridgehead atoms. The van der Waals surface area contributed by atoms with E-state index in [-0.39, 0.29) is 0 Å². The number of carbonyl (C=O) groups is 1. The number of benzene rings is 1. The van der Waals surface area contributed by atoms with Gasteiger partial charge < -0.3 is 15.3 Å². The molecule has 0 aliphatic heterocycles. The Morgan fingerprint density at radius 2 is 1.63 bits per heavy atom. The molecule has 3 heterocycles. The minimum atomic E-state index is -0.961. The summed E-state index contributed by atoms with van der Waals surface area (Å²) in [6.07, 6.45) is 17.2. The molecule has 1 aromatic carbocycles. The van der Waals surface area contributed by atoms with Crippen molar-refractivity contribution < 1.29 is 9.90 Å². The Hall–Kier alpha value is -4.05. The van der Waals surface area contributed by atoms with E-state index < -0.39 is 6.09 Å². The molecule has 200 valence electrons. The highest BCUT2D eigenvalue weighted by atomic mass is 16.4. The van der Waals surface area contributed by atoms with Crippen LogP contribution in [0.3, 0.4) is 0 Å². The molecule has 1 amide bonds. The standard InChI is InChI=1S/C23H24N6.C5H12N2O2/c1-28-15-20(13-26-28)17-6-5-7-18(10-17)23-24-11-19(12-25-23)21-14-27-29(16-21)22-8-3-2-4-9-22;1-7(2)4-3-6-5(8)9/h5-7,10-16,22H,2-4,8-9H2,1H3;6H,3-4H2,1-2H3,(H,8,9). The first-order valence-corrected chi connectivity index (χ1v) is 13.0. The summed E-state index contributed by atoms with van der Waals surface area (Å²) < 4.78 is 3.93. The molecule has 0 radical (unpaired) electrons. The number of nitrogens with one attached hydrogen (secondary N) is 1. The molecule has 4 aromatic rings. The van der Waals surface area contributed by atoms with Gasteiger partial charge in [-0.15, -0.1) is 0 Å². The number of nitrogens with zero attached hydrogens (tertiary/aromatic N) is 7. The lowest BCUT2D eigenvalue weighted by atomic mass is 9.96. The molecule has 0 unspecified atom stereocenters. The molecule has 0 spiro atoms. The molecule has 1 aliphatic carbocycles. The summed E-state index contributed by atoms with van der Waals surface area (Å²) in [5.41, 5.74) is 5.26. The first kappa shape index (κ1) is 27.0. The van der Waals surface area contributed by atoms with Crippen LogP contribution in [0.4, 0.5) is 4.79 Å². The van der Waals surface area contributed by atoms with E-state index in [0.717, 1.165) is 40.2 Å². The third-order valence-corrected chi connectivity index (χ3v) is 6.53. The van der Waals surface area contributed by atoms with Gasteiger partial charge in [-0.3, -0.25) is 9.36 Å². The molecule has 38 heavy (non-hydrogen) atoms. The van der Waals surface area contributed by atoms with Crippen LogP contribution in [0.15, 0.2) is 61.4 Å². The number of aryl methyl sites for hydroxylation is 1. The quantitative estimate of drug-likeness (QED) is 0.365. The first-order valence-electron chi connectivity index (χ1n) is 13.0. The van der Waals surface area contributed by atoms with E-state index >= 15 is 0 Å². The van der Waals surface area contributed by atoms with E-state index in [1.54, 1.807) is 4.68 Å². The fraction of sp³-hybridized carbons (Fsp3) is 0.393. The van der Waals surface area contributed by atoms with Crippen molar-refractivity contribution in [2.75, 3.05) is 27.2 Å². The summed E-state index contributed by atoms with van der Waals surface area (Å²) in [6, 6.07) is 8.79. The van der Waals surface area contributed by atoms with E-state index in [4.69, 9.17) is 5.11 Å². The maximum Gasteiger partial charge on any atom is 0.404 e. The number of likely N-dealkylation sites (N-methyl/N-ethyl adjacent to an activating group) is 1. The molecule has 2 N–H and O–H groups in total. The van der Waals surface area contributed by atoms with E-state index in [2.05, 4.69) is 48.5 Å². The molecule has 1 aliphatic rings. The van der Waals surface area contributed by atoms with Crippen LogP contribution < -0.4 is 5.32 Å². The highest BCUT2D eigenvalue weighted by molar-refractivity contribution is 5.70. The van der Waals surface area contributed by atoms with Crippen molar-refractivity contribution >= 4 is 6.09 Å². The molecule has 10 heteroatoms. The topological polar surface area (TPSA) is 114 Å². The maximum atomic E-state index is 9.85. The van der Waals surface area contributed by atoms with E-state index in [1.165, 1.54) is 32.1 Å². The first-order chi connectivity index (χ1) is 18.4. The van der Waals surface area contributed by atoms with E-state index in [0.29, 0.717) is 12.6 Å². The van der Waals surface area contributed by atoms with Crippen LogP contribution in [0, 0.1) is 0 Å². The smallest absolute Gasteiger partial charge is 0.404 e. The Morgan fingerprint density at radius 1 is 0.947 bits per heavy atom. The van der Waals surface area contributed by atoms with Crippen LogP contribution in [0.2, 0.25) is 0 Å². The largest absolute Gasteiger partial charge is 0.465 e. The van der Waals surface area contributed by atoms with Gasteiger partial charge in [-0.1, -0.05) is 37.5 Å². The summed E-state index contributed by atoms with van der Waals surface area (Å²) in [6.45, 7) is 1.23. The third kappa shape index (κ3) is 7.48. The Morgan fingerprint density at radius 3 is 2.29 bits per heavy atom. The second-order valence-electron chi connectivity index (χ2n) is 9.81. The minimum Gasteiger partial charge on any atom is -0.465 e. The monoisotopic (exact) mass is 516 g/mol. The van der Waals surface area contributed by atoms with Crippen molar-refractivity contribution in [1.82, 2.24) is 39.7 Å². The van der Waals surface area contributed by atoms with Crippen molar-refractivity contribution in [3.63, 3.8) is 0 Å². The highest BCUT2D eigenvalue weighted by Crippen LogP contribution is 2.29. The summed E-state index contributed by atoms with van der Waals surface area (Å²) in [4.78, 5) is 21.0. The molecule has 10 nitrogen and oxygen atoms in total. The molecule has 0 saturated heterocycles. The Bertz CT molecular complexity index is 1310. The summed E-state index contributed by atoms with van der Waals surface area (Å²) in [5, 5.41) is 19.2. The van der Waals surface area contributed by atoms with Crippen molar-refractivity contribution in [2.45, 2.75) is 38.1 Å². The van der Waals surface area contributed by atoms with Gasteiger partial charge in [-0.2, -0.15) is 10.2 Å². The van der Waals surface area contributed by atoms with E-state index in [9.17, 15) is 4.79 Å². The molecular formula is C28H36N8O2. The van der Waals surface area contributed by atoms with Gasteiger partial charge in [0.15, 0.2) is 5.82 Å². The van der Waals surface area contributed by atoms with Crippen molar-refractivity contribution in [3.8, 4) is 33.6 Å². The van der Waals surface area contributed by atoms with Gasteiger partial charge in [0, 0.05) is 67.2 Å². The number of amides is 1. The zero-order valence-electron chi connectivity index (χ0n) is 22.3. The summed E-state index contributed by atoms with van der Waals surface area (Å²) in [7, 11) is 5.71. The van der Waals surface area contributed by atoms with Crippen molar-refractivity contribution in [2.24, 2.45) is 7.05 Å². The van der Waals surface area contributed by atoms with Crippen LogP contribution in [-0.2, 0) is 7.05 Å². The van der Waals surface area contributed by atoms with E-state index in [1.807, 2.05) is 69.2 Å². The van der Waals surface area contributed by atoms with Crippen LogP contribution in [-0.4, -0.2) is 72.8 Å². The normalized spacial score (nSPS) is 13.7. The van der Waals surface area contributed by atoms with Crippen LogP contribution in [0.1, 0.15) is 38.1 Å².